The van der Waals surface area contributed by atoms with E-state index in [1.807, 2.05) is 61.5 Å². The smallest absolute Gasteiger partial charge is 0.242 e. The summed E-state index contributed by atoms with van der Waals surface area (Å²) in [5.41, 5.74) is 1.87. The van der Waals surface area contributed by atoms with E-state index in [0.717, 1.165) is 29.7 Å². The topological polar surface area (TPSA) is 58.6 Å². The Morgan fingerprint density at radius 2 is 1.76 bits per heavy atom. The highest BCUT2D eigenvalue weighted by Crippen LogP contribution is 2.18. The highest BCUT2D eigenvalue weighted by atomic mass is 16.5. The zero-order valence-corrected chi connectivity index (χ0v) is 17.7. The van der Waals surface area contributed by atoms with Crippen LogP contribution in [-0.4, -0.2) is 36.4 Å². The van der Waals surface area contributed by atoms with Gasteiger partial charge in [-0.1, -0.05) is 62.7 Å². The molecule has 0 heterocycles. The molecule has 1 atom stereocenters. The second-order valence-electron chi connectivity index (χ2n) is 7.10. The molecule has 0 fully saturated rings. The molecule has 0 saturated heterocycles. The number of rotatable bonds is 11. The molecule has 1 N–H and O–H groups in total. The van der Waals surface area contributed by atoms with Gasteiger partial charge in [0.05, 0.1) is 13.5 Å². The van der Waals surface area contributed by atoms with E-state index in [9.17, 15) is 9.59 Å². The normalized spacial score (nSPS) is 11.6. The van der Waals surface area contributed by atoms with E-state index in [1.54, 1.807) is 12.0 Å². The molecular formula is C24H32N2O3. The third-order valence-corrected chi connectivity index (χ3v) is 4.90. The van der Waals surface area contributed by atoms with Crippen LogP contribution >= 0.6 is 0 Å². The Morgan fingerprint density at radius 3 is 2.41 bits per heavy atom. The van der Waals surface area contributed by atoms with Crippen LogP contribution in [0.2, 0.25) is 0 Å². The van der Waals surface area contributed by atoms with E-state index < -0.39 is 6.04 Å². The Kier molecular flexibility index (Phi) is 9.22. The molecule has 0 saturated carbocycles. The molecule has 2 amide bonds. The molecule has 0 aliphatic rings. The second-order valence-corrected chi connectivity index (χ2v) is 7.10. The summed E-state index contributed by atoms with van der Waals surface area (Å²) in [6.07, 6.45) is 2.76. The lowest BCUT2D eigenvalue weighted by molar-refractivity contribution is -0.140. The van der Waals surface area contributed by atoms with Gasteiger partial charge in [0.15, 0.2) is 0 Å². The minimum absolute atomic E-state index is 0.0588. The first-order chi connectivity index (χ1) is 14.1. The lowest BCUT2D eigenvalue weighted by atomic mass is 10.1. The van der Waals surface area contributed by atoms with E-state index in [2.05, 4.69) is 12.2 Å². The number of amides is 2. The molecule has 5 nitrogen and oxygen atoms in total. The molecule has 0 aliphatic heterocycles. The molecule has 0 aliphatic carbocycles. The van der Waals surface area contributed by atoms with E-state index in [-0.39, 0.29) is 18.2 Å². The number of carbonyl (C=O) groups is 2. The number of nitrogens with one attached hydrogen (secondary N) is 1. The molecule has 2 rings (SSSR count). The van der Waals surface area contributed by atoms with Crippen molar-refractivity contribution in [1.82, 2.24) is 10.2 Å². The van der Waals surface area contributed by atoms with Gasteiger partial charge in [-0.3, -0.25) is 9.59 Å². The molecule has 0 unspecified atom stereocenters. The Balaban J connectivity index is 2.24. The summed E-state index contributed by atoms with van der Waals surface area (Å²) >= 11 is 0. The van der Waals surface area contributed by atoms with Crippen molar-refractivity contribution in [2.75, 3.05) is 13.7 Å². The number of benzene rings is 2. The summed E-state index contributed by atoms with van der Waals surface area (Å²) in [5.74, 6) is 0.583. The Hall–Kier alpha value is -2.82. The van der Waals surface area contributed by atoms with Gasteiger partial charge in [-0.05, 0) is 36.1 Å². The van der Waals surface area contributed by atoms with Crippen molar-refractivity contribution in [2.45, 2.75) is 52.1 Å². The van der Waals surface area contributed by atoms with Crippen molar-refractivity contribution in [2.24, 2.45) is 0 Å². The van der Waals surface area contributed by atoms with Gasteiger partial charge in [0.2, 0.25) is 11.8 Å². The van der Waals surface area contributed by atoms with Gasteiger partial charge in [0.1, 0.15) is 11.8 Å². The van der Waals surface area contributed by atoms with Crippen LogP contribution in [0, 0.1) is 0 Å². The van der Waals surface area contributed by atoms with Gasteiger partial charge in [-0.25, -0.2) is 0 Å². The van der Waals surface area contributed by atoms with Gasteiger partial charge in [-0.15, -0.1) is 0 Å². The standard InChI is InChI=1S/C24H32N2O3/c1-4-6-15-25-24(28)22(5-2)26(18-20-13-10-14-21(16-20)29-3)23(27)17-19-11-8-7-9-12-19/h7-14,16,22H,4-6,15,17-18H2,1-3H3,(H,25,28)/t22-/m1/s1. The molecule has 156 valence electrons. The number of methoxy groups -OCH3 is 1. The number of carbonyl (C=O) groups excluding carboxylic acids is 2. The van der Waals surface area contributed by atoms with Crippen LogP contribution in [0.1, 0.15) is 44.2 Å². The van der Waals surface area contributed by atoms with Crippen LogP contribution in [0.3, 0.4) is 0 Å². The maximum absolute atomic E-state index is 13.2. The van der Waals surface area contributed by atoms with Gasteiger partial charge in [0.25, 0.3) is 0 Å². The fourth-order valence-corrected chi connectivity index (χ4v) is 3.27. The molecule has 29 heavy (non-hydrogen) atoms. The lowest BCUT2D eigenvalue weighted by Crippen LogP contribution is -2.49. The Morgan fingerprint density at radius 1 is 1.03 bits per heavy atom. The molecule has 0 radical (unpaired) electrons. The highest BCUT2D eigenvalue weighted by molar-refractivity contribution is 5.88. The van der Waals surface area contributed by atoms with Crippen LogP contribution in [0.5, 0.6) is 5.75 Å². The van der Waals surface area contributed by atoms with Crippen LogP contribution in [0.15, 0.2) is 54.6 Å². The molecule has 0 aromatic heterocycles. The quantitative estimate of drug-likeness (QED) is 0.585. The van der Waals surface area contributed by atoms with E-state index in [4.69, 9.17) is 4.74 Å². The maximum Gasteiger partial charge on any atom is 0.242 e. The number of hydrogen-bond donors (Lipinski definition) is 1. The fourth-order valence-electron chi connectivity index (χ4n) is 3.27. The van der Waals surface area contributed by atoms with Gasteiger partial charge >= 0.3 is 0 Å². The summed E-state index contributed by atoms with van der Waals surface area (Å²) in [7, 11) is 1.62. The lowest BCUT2D eigenvalue weighted by Gasteiger charge is -2.31. The largest absolute Gasteiger partial charge is 0.497 e. The third-order valence-electron chi connectivity index (χ3n) is 4.90. The summed E-state index contributed by atoms with van der Waals surface area (Å²) in [6, 6.07) is 16.8. The predicted molar refractivity (Wildman–Crippen MR) is 116 cm³/mol. The Labute approximate surface area is 174 Å². The molecular weight excluding hydrogens is 364 g/mol. The minimum Gasteiger partial charge on any atom is -0.497 e. The Bertz CT molecular complexity index is 777. The zero-order chi connectivity index (χ0) is 21.1. The summed E-state index contributed by atoms with van der Waals surface area (Å²) in [6.45, 7) is 5.02. The summed E-state index contributed by atoms with van der Waals surface area (Å²) in [4.78, 5) is 27.7. The SMILES string of the molecule is CCCCNC(=O)[C@@H](CC)N(Cc1cccc(OC)c1)C(=O)Cc1ccccc1. The van der Waals surface area contributed by atoms with E-state index in [1.165, 1.54) is 0 Å². The van der Waals surface area contributed by atoms with Crippen molar-refractivity contribution in [3.05, 3.63) is 65.7 Å². The maximum atomic E-state index is 13.2. The van der Waals surface area contributed by atoms with E-state index >= 15 is 0 Å². The zero-order valence-electron chi connectivity index (χ0n) is 17.7. The first-order valence-electron chi connectivity index (χ1n) is 10.3. The average molecular weight is 397 g/mol. The molecule has 0 bridgehead atoms. The third kappa shape index (κ3) is 6.93. The monoisotopic (exact) mass is 396 g/mol. The minimum atomic E-state index is -0.505. The summed E-state index contributed by atoms with van der Waals surface area (Å²) in [5, 5.41) is 2.98. The second kappa shape index (κ2) is 11.9. The van der Waals surface area contributed by atoms with Gasteiger partial charge < -0.3 is 15.0 Å². The van der Waals surface area contributed by atoms with Crippen LogP contribution in [0.25, 0.3) is 0 Å². The average Bonchev–Trinajstić information content (AvgIpc) is 2.74. The number of unbranched alkanes of at least 4 members (excludes halogenated alkanes) is 1. The van der Waals surface area contributed by atoms with E-state index in [0.29, 0.717) is 19.5 Å². The molecule has 0 spiro atoms. The summed E-state index contributed by atoms with van der Waals surface area (Å²) < 4.78 is 5.31. The fraction of sp³-hybridized carbons (Fsp3) is 0.417. The van der Waals surface area contributed by atoms with Gasteiger partial charge in [0, 0.05) is 13.1 Å². The van der Waals surface area contributed by atoms with Crippen molar-refractivity contribution in [3.63, 3.8) is 0 Å². The van der Waals surface area contributed by atoms with Crippen LogP contribution < -0.4 is 10.1 Å². The number of hydrogen-bond acceptors (Lipinski definition) is 3. The number of nitrogens with zero attached hydrogens (tertiary/aromatic N) is 1. The van der Waals surface area contributed by atoms with Crippen molar-refractivity contribution in [3.8, 4) is 5.75 Å². The predicted octanol–water partition coefficient (Wildman–Crippen LogP) is 3.96. The molecule has 2 aromatic carbocycles. The molecule has 2 aromatic rings. The molecule has 5 heteroatoms. The highest BCUT2D eigenvalue weighted by Gasteiger charge is 2.28. The van der Waals surface area contributed by atoms with Crippen molar-refractivity contribution in [1.29, 1.82) is 0 Å². The van der Waals surface area contributed by atoms with Gasteiger partial charge in [-0.2, -0.15) is 0 Å². The first-order valence-corrected chi connectivity index (χ1v) is 10.3. The number of ether oxygens (including phenoxy) is 1. The van der Waals surface area contributed by atoms with Crippen molar-refractivity contribution >= 4 is 11.8 Å². The van der Waals surface area contributed by atoms with Crippen LogP contribution in [0.4, 0.5) is 0 Å². The first kappa shape index (κ1) is 22.5. The van der Waals surface area contributed by atoms with Crippen LogP contribution in [-0.2, 0) is 22.6 Å². The van der Waals surface area contributed by atoms with Crippen molar-refractivity contribution < 1.29 is 14.3 Å².